The summed E-state index contributed by atoms with van der Waals surface area (Å²) < 4.78 is 20.6. The van der Waals surface area contributed by atoms with Gasteiger partial charge in [-0.2, -0.15) is 0 Å². The van der Waals surface area contributed by atoms with Crippen molar-refractivity contribution in [3.63, 3.8) is 0 Å². The number of aromatic nitrogens is 1. The van der Waals surface area contributed by atoms with Gasteiger partial charge in [0.15, 0.2) is 0 Å². The Kier molecular flexibility index (Phi) is 3.48. The molecule has 19 heavy (non-hydrogen) atoms. The van der Waals surface area contributed by atoms with Crippen LogP contribution >= 0.6 is 27.3 Å². The molecule has 0 aliphatic carbocycles. The lowest BCUT2D eigenvalue weighted by atomic mass is 10.3. The molecule has 0 unspecified atom stereocenters. The number of nitrogens with zero attached hydrogens (tertiary/aromatic N) is 1. The molecule has 0 aliphatic rings. The van der Waals surface area contributed by atoms with Crippen LogP contribution in [0, 0.1) is 5.82 Å². The fourth-order valence-electron chi connectivity index (χ4n) is 1.71. The van der Waals surface area contributed by atoms with Crippen LogP contribution in [-0.2, 0) is 6.61 Å². The van der Waals surface area contributed by atoms with Crippen LogP contribution in [-0.4, -0.2) is 4.98 Å². The number of para-hydroxylation sites is 1. The summed E-state index contributed by atoms with van der Waals surface area (Å²) in [7, 11) is 0. The van der Waals surface area contributed by atoms with Crippen LogP contribution in [0.25, 0.3) is 10.2 Å². The Labute approximate surface area is 122 Å². The third-order valence-electron chi connectivity index (χ3n) is 2.58. The van der Waals surface area contributed by atoms with Crippen molar-refractivity contribution >= 4 is 37.5 Å². The number of hydrogen-bond acceptors (Lipinski definition) is 3. The molecule has 5 heteroatoms. The van der Waals surface area contributed by atoms with Gasteiger partial charge in [0, 0.05) is 6.07 Å². The fraction of sp³-hybridized carbons (Fsp3) is 0.0714. The molecular formula is C14H9BrFNOS. The molecule has 0 amide bonds. The number of rotatable bonds is 3. The van der Waals surface area contributed by atoms with E-state index in [9.17, 15) is 4.39 Å². The number of hydrogen-bond donors (Lipinski definition) is 0. The Bertz CT molecular complexity index is 695. The predicted molar refractivity (Wildman–Crippen MR) is 78.1 cm³/mol. The monoisotopic (exact) mass is 337 g/mol. The highest BCUT2D eigenvalue weighted by Crippen LogP contribution is 2.28. The van der Waals surface area contributed by atoms with Gasteiger partial charge in [-0.1, -0.05) is 12.1 Å². The highest BCUT2D eigenvalue weighted by atomic mass is 79.9. The first kappa shape index (κ1) is 12.6. The van der Waals surface area contributed by atoms with Crippen LogP contribution in [0.2, 0.25) is 0 Å². The van der Waals surface area contributed by atoms with Crippen LogP contribution in [0.3, 0.4) is 0 Å². The van der Waals surface area contributed by atoms with Gasteiger partial charge in [-0.05, 0) is 40.2 Å². The molecule has 1 aromatic heterocycles. The normalized spacial score (nSPS) is 10.8. The summed E-state index contributed by atoms with van der Waals surface area (Å²) in [6.07, 6.45) is 0. The number of halogens is 2. The maximum atomic E-state index is 13.1. The molecule has 0 fully saturated rings. The molecule has 0 spiro atoms. The SMILES string of the molecule is Fc1ccc(Br)c(OCc2nc3ccccc3s2)c1. The predicted octanol–water partition coefficient (Wildman–Crippen LogP) is 4.78. The van der Waals surface area contributed by atoms with Gasteiger partial charge in [0.05, 0.1) is 14.7 Å². The van der Waals surface area contributed by atoms with Gasteiger partial charge in [-0.25, -0.2) is 9.37 Å². The minimum Gasteiger partial charge on any atom is -0.485 e. The van der Waals surface area contributed by atoms with Crippen molar-refractivity contribution in [2.24, 2.45) is 0 Å². The lowest BCUT2D eigenvalue weighted by molar-refractivity contribution is 0.302. The van der Waals surface area contributed by atoms with Crippen molar-refractivity contribution in [3.8, 4) is 5.75 Å². The zero-order valence-electron chi connectivity index (χ0n) is 9.77. The van der Waals surface area contributed by atoms with Crippen molar-refractivity contribution in [3.05, 3.63) is 57.8 Å². The zero-order chi connectivity index (χ0) is 13.2. The molecule has 0 N–H and O–H groups in total. The largest absolute Gasteiger partial charge is 0.485 e. The van der Waals surface area contributed by atoms with Crippen molar-refractivity contribution in [2.45, 2.75) is 6.61 Å². The smallest absolute Gasteiger partial charge is 0.140 e. The van der Waals surface area contributed by atoms with Gasteiger partial charge in [-0.3, -0.25) is 0 Å². The van der Waals surface area contributed by atoms with Gasteiger partial charge < -0.3 is 4.74 Å². The summed E-state index contributed by atoms with van der Waals surface area (Å²) in [5.74, 6) is 0.168. The van der Waals surface area contributed by atoms with E-state index in [2.05, 4.69) is 20.9 Å². The van der Waals surface area contributed by atoms with E-state index in [1.54, 1.807) is 17.4 Å². The second-order valence-corrected chi connectivity index (χ2v) is 5.91. The number of ether oxygens (including phenoxy) is 1. The van der Waals surface area contributed by atoms with Crippen LogP contribution in [0.5, 0.6) is 5.75 Å². The highest BCUT2D eigenvalue weighted by molar-refractivity contribution is 9.10. The molecule has 2 aromatic carbocycles. The van der Waals surface area contributed by atoms with Gasteiger partial charge in [0.2, 0.25) is 0 Å². The van der Waals surface area contributed by atoms with E-state index in [0.717, 1.165) is 19.7 Å². The van der Waals surface area contributed by atoms with Crippen LogP contribution in [0.1, 0.15) is 5.01 Å². The van der Waals surface area contributed by atoms with Crippen molar-refractivity contribution in [1.29, 1.82) is 0 Å². The lowest BCUT2D eigenvalue weighted by Crippen LogP contribution is -1.95. The molecule has 0 aliphatic heterocycles. The first-order chi connectivity index (χ1) is 9.22. The van der Waals surface area contributed by atoms with Crippen LogP contribution < -0.4 is 4.74 Å². The van der Waals surface area contributed by atoms with E-state index >= 15 is 0 Å². The second kappa shape index (κ2) is 5.27. The number of fused-ring (bicyclic) bond motifs is 1. The van der Waals surface area contributed by atoms with Crippen molar-refractivity contribution in [2.75, 3.05) is 0 Å². The first-order valence-corrected chi connectivity index (χ1v) is 7.25. The summed E-state index contributed by atoms with van der Waals surface area (Å²) in [5, 5.41) is 0.873. The standard InChI is InChI=1S/C14H9BrFNOS/c15-10-6-5-9(16)7-12(10)18-8-14-17-11-3-1-2-4-13(11)19-14/h1-7H,8H2. The summed E-state index contributed by atoms with van der Waals surface area (Å²) in [6, 6.07) is 12.3. The molecule has 3 rings (SSSR count). The van der Waals surface area contributed by atoms with E-state index < -0.39 is 0 Å². The minimum atomic E-state index is -0.317. The Morgan fingerprint density at radius 2 is 2.05 bits per heavy atom. The molecule has 0 bridgehead atoms. The molecule has 0 saturated carbocycles. The molecule has 96 valence electrons. The molecule has 0 saturated heterocycles. The maximum absolute atomic E-state index is 13.1. The molecule has 0 radical (unpaired) electrons. The number of thiazole rings is 1. The Morgan fingerprint density at radius 3 is 2.89 bits per heavy atom. The van der Waals surface area contributed by atoms with Gasteiger partial charge >= 0.3 is 0 Å². The van der Waals surface area contributed by atoms with Crippen molar-refractivity contribution in [1.82, 2.24) is 4.98 Å². The van der Waals surface area contributed by atoms with Gasteiger partial charge in [0.1, 0.15) is 23.2 Å². The fourth-order valence-corrected chi connectivity index (χ4v) is 2.95. The zero-order valence-corrected chi connectivity index (χ0v) is 12.2. The van der Waals surface area contributed by atoms with Gasteiger partial charge in [0.25, 0.3) is 0 Å². The highest BCUT2D eigenvalue weighted by Gasteiger charge is 2.07. The molecule has 2 nitrogen and oxygen atoms in total. The van der Waals surface area contributed by atoms with Crippen LogP contribution in [0.15, 0.2) is 46.9 Å². The molecule has 3 aromatic rings. The van der Waals surface area contributed by atoms with E-state index in [-0.39, 0.29) is 5.82 Å². The van der Waals surface area contributed by atoms with E-state index in [4.69, 9.17) is 4.74 Å². The van der Waals surface area contributed by atoms with E-state index in [1.165, 1.54) is 12.1 Å². The Morgan fingerprint density at radius 1 is 1.21 bits per heavy atom. The second-order valence-electron chi connectivity index (χ2n) is 3.94. The first-order valence-electron chi connectivity index (χ1n) is 5.65. The molecule has 0 atom stereocenters. The number of benzene rings is 2. The van der Waals surface area contributed by atoms with Crippen LogP contribution in [0.4, 0.5) is 4.39 Å². The molecule has 1 heterocycles. The van der Waals surface area contributed by atoms with E-state index in [1.807, 2.05) is 24.3 Å². The average molecular weight is 338 g/mol. The van der Waals surface area contributed by atoms with Crippen molar-refractivity contribution < 1.29 is 9.13 Å². The lowest BCUT2D eigenvalue weighted by Gasteiger charge is -2.06. The van der Waals surface area contributed by atoms with Gasteiger partial charge in [-0.15, -0.1) is 11.3 Å². The average Bonchev–Trinajstić information content (AvgIpc) is 2.82. The maximum Gasteiger partial charge on any atom is 0.140 e. The summed E-state index contributed by atoms with van der Waals surface area (Å²) in [5.41, 5.74) is 0.962. The molecular weight excluding hydrogens is 329 g/mol. The Balaban J connectivity index is 1.80. The summed E-state index contributed by atoms with van der Waals surface area (Å²) in [6.45, 7) is 0.335. The third kappa shape index (κ3) is 2.77. The van der Waals surface area contributed by atoms with E-state index in [0.29, 0.717) is 12.4 Å². The summed E-state index contributed by atoms with van der Waals surface area (Å²) >= 11 is 4.91. The quantitative estimate of drug-likeness (QED) is 0.686. The third-order valence-corrected chi connectivity index (χ3v) is 4.25. The minimum absolute atomic E-state index is 0.317. The Hall–Kier alpha value is -1.46. The topological polar surface area (TPSA) is 22.1 Å². The summed E-state index contributed by atoms with van der Waals surface area (Å²) in [4.78, 5) is 4.46.